The summed E-state index contributed by atoms with van der Waals surface area (Å²) in [6, 6.07) is 0. The standard InChI is InChI=1S/C21H31N5O2/c1-14-18(15(2)23-19(14)16(3)27)21(28)26-9-6-7-17(13-26)20-22-8-10-25(20)12-11-24(4)5/h8,10,17,23H,6-7,9,11-13H2,1-5H3/t17-/m0/s1. The zero-order chi connectivity index (χ0) is 20.4. The fourth-order valence-electron chi connectivity index (χ4n) is 4.13. The van der Waals surface area contributed by atoms with Gasteiger partial charge in [0, 0.05) is 57.1 Å². The minimum Gasteiger partial charge on any atom is -0.355 e. The molecule has 7 heteroatoms. The summed E-state index contributed by atoms with van der Waals surface area (Å²) in [4.78, 5) is 36.8. The van der Waals surface area contributed by atoms with E-state index < -0.39 is 0 Å². The number of piperidine rings is 1. The van der Waals surface area contributed by atoms with E-state index in [0.717, 1.165) is 49.6 Å². The Morgan fingerprint density at radius 3 is 2.71 bits per heavy atom. The lowest BCUT2D eigenvalue weighted by Gasteiger charge is -2.33. The number of nitrogens with zero attached hydrogens (tertiary/aromatic N) is 4. The SMILES string of the molecule is CC(=O)c1[nH]c(C)c(C(=O)N2CCC[C@H](c3nccn3CCN(C)C)C2)c1C. The molecule has 0 aromatic carbocycles. The first-order valence-electron chi connectivity index (χ1n) is 9.94. The molecule has 0 aliphatic carbocycles. The molecule has 2 aromatic rings. The van der Waals surface area contributed by atoms with Gasteiger partial charge in [0.25, 0.3) is 5.91 Å². The van der Waals surface area contributed by atoms with E-state index in [1.807, 2.05) is 31.1 Å². The van der Waals surface area contributed by atoms with E-state index in [0.29, 0.717) is 17.8 Å². The van der Waals surface area contributed by atoms with Crippen LogP contribution in [0, 0.1) is 13.8 Å². The molecule has 0 bridgehead atoms. The highest BCUT2D eigenvalue weighted by molar-refractivity contribution is 6.02. The van der Waals surface area contributed by atoms with Crippen molar-refractivity contribution in [3.05, 3.63) is 40.7 Å². The van der Waals surface area contributed by atoms with Crippen molar-refractivity contribution in [3.63, 3.8) is 0 Å². The number of aromatic nitrogens is 3. The Hall–Kier alpha value is -2.41. The molecule has 1 amide bonds. The van der Waals surface area contributed by atoms with E-state index in [1.54, 1.807) is 0 Å². The molecule has 28 heavy (non-hydrogen) atoms. The Morgan fingerprint density at radius 1 is 1.32 bits per heavy atom. The van der Waals surface area contributed by atoms with Crippen LogP contribution in [0.4, 0.5) is 0 Å². The van der Waals surface area contributed by atoms with Gasteiger partial charge in [0.1, 0.15) is 5.82 Å². The van der Waals surface area contributed by atoms with Crippen LogP contribution in [0.25, 0.3) is 0 Å². The zero-order valence-corrected chi connectivity index (χ0v) is 17.6. The Kier molecular flexibility index (Phi) is 6.03. The summed E-state index contributed by atoms with van der Waals surface area (Å²) in [5, 5.41) is 0. The van der Waals surface area contributed by atoms with Crippen molar-refractivity contribution >= 4 is 11.7 Å². The molecule has 152 valence electrons. The number of Topliss-reactive ketones (excluding diaryl/α,β-unsaturated/α-hetero) is 1. The van der Waals surface area contributed by atoms with Gasteiger partial charge >= 0.3 is 0 Å². The highest BCUT2D eigenvalue weighted by Gasteiger charge is 2.30. The van der Waals surface area contributed by atoms with Gasteiger partial charge in [0.15, 0.2) is 5.78 Å². The maximum atomic E-state index is 13.3. The average molecular weight is 386 g/mol. The number of hydrogen-bond donors (Lipinski definition) is 1. The number of aryl methyl sites for hydroxylation is 1. The summed E-state index contributed by atoms with van der Waals surface area (Å²) in [5.41, 5.74) is 2.70. The molecule has 0 spiro atoms. The second kappa shape index (κ2) is 8.31. The van der Waals surface area contributed by atoms with Crippen LogP contribution in [0.1, 0.15) is 63.6 Å². The number of imidazole rings is 1. The lowest BCUT2D eigenvalue weighted by Crippen LogP contribution is -2.40. The molecule has 0 radical (unpaired) electrons. The predicted molar refractivity (Wildman–Crippen MR) is 109 cm³/mol. The fraction of sp³-hybridized carbons (Fsp3) is 0.571. The van der Waals surface area contributed by atoms with Gasteiger partial charge in [-0.2, -0.15) is 0 Å². The van der Waals surface area contributed by atoms with Crippen molar-refractivity contribution in [1.29, 1.82) is 0 Å². The van der Waals surface area contributed by atoms with E-state index in [1.165, 1.54) is 6.92 Å². The van der Waals surface area contributed by atoms with Crippen molar-refractivity contribution in [2.24, 2.45) is 0 Å². The molecule has 1 aliphatic heterocycles. The van der Waals surface area contributed by atoms with E-state index >= 15 is 0 Å². The van der Waals surface area contributed by atoms with Gasteiger partial charge in [-0.1, -0.05) is 0 Å². The van der Waals surface area contributed by atoms with Gasteiger partial charge in [-0.25, -0.2) is 4.98 Å². The molecule has 0 saturated carbocycles. The molecule has 1 aliphatic rings. The summed E-state index contributed by atoms with van der Waals surface area (Å²) < 4.78 is 2.21. The van der Waals surface area contributed by atoms with Gasteiger partial charge in [-0.05, 0) is 46.3 Å². The van der Waals surface area contributed by atoms with Crippen molar-refractivity contribution in [2.45, 2.75) is 46.1 Å². The molecular formula is C21H31N5O2. The number of carbonyl (C=O) groups is 2. The predicted octanol–water partition coefficient (Wildman–Crippen LogP) is 2.61. The van der Waals surface area contributed by atoms with Crippen LogP contribution >= 0.6 is 0 Å². The van der Waals surface area contributed by atoms with Crippen LogP contribution in [0.15, 0.2) is 12.4 Å². The summed E-state index contributed by atoms with van der Waals surface area (Å²) >= 11 is 0. The quantitative estimate of drug-likeness (QED) is 0.776. The number of carbonyl (C=O) groups excluding carboxylic acids is 2. The molecule has 3 heterocycles. The van der Waals surface area contributed by atoms with Gasteiger partial charge in [0.05, 0.1) is 11.3 Å². The van der Waals surface area contributed by atoms with E-state index in [9.17, 15) is 9.59 Å². The van der Waals surface area contributed by atoms with Crippen molar-refractivity contribution < 1.29 is 9.59 Å². The van der Waals surface area contributed by atoms with Crippen molar-refractivity contribution in [1.82, 2.24) is 24.3 Å². The first kappa shape index (κ1) is 20.3. The first-order valence-corrected chi connectivity index (χ1v) is 9.94. The molecule has 2 aromatic heterocycles. The molecule has 1 atom stereocenters. The Morgan fingerprint density at radius 2 is 2.07 bits per heavy atom. The van der Waals surface area contributed by atoms with Crippen LogP contribution in [0.5, 0.6) is 0 Å². The highest BCUT2D eigenvalue weighted by Crippen LogP contribution is 2.28. The number of H-pyrrole nitrogens is 1. The summed E-state index contributed by atoms with van der Waals surface area (Å²) in [5.74, 6) is 1.27. The molecule has 1 N–H and O–H groups in total. The monoisotopic (exact) mass is 385 g/mol. The number of rotatable bonds is 6. The minimum absolute atomic E-state index is 0.00912. The van der Waals surface area contributed by atoms with Crippen LogP contribution in [0.2, 0.25) is 0 Å². The number of amides is 1. The van der Waals surface area contributed by atoms with E-state index in [-0.39, 0.29) is 17.6 Å². The van der Waals surface area contributed by atoms with E-state index in [2.05, 4.69) is 33.5 Å². The highest BCUT2D eigenvalue weighted by atomic mass is 16.2. The molecule has 1 fully saturated rings. The lowest BCUT2D eigenvalue weighted by molar-refractivity contribution is 0.0702. The largest absolute Gasteiger partial charge is 0.355 e. The summed E-state index contributed by atoms with van der Waals surface area (Å²) in [6.45, 7) is 8.49. The minimum atomic E-state index is -0.0425. The summed E-state index contributed by atoms with van der Waals surface area (Å²) in [6.07, 6.45) is 5.87. The van der Waals surface area contributed by atoms with Crippen LogP contribution in [-0.2, 0) is 6.54 Å². The van der Waals surface area contributed by atoms with Crippen LogP contribution < -0.4 is 0 Å². The number of ketones is 1. The normalized spacial score (nSPS) is 17.4. The number of hydrogen-bond acceptors (Lipinski definition) is 4. The van der Waals surface area contributed by atoms with Gasteiger partial charge < -0.3 is 19.4 Å². The van der Waals surface area contributed by atoms with Crippen molar-refractivity contribution in [2.75, 3.05) is 33.7 Å². The third-order valence-corrected chi connectivity index (χ3v) is 5.61. The molecular weight excluding hydrogens is 354 g/mol. The molecule has 7 nitrogen and oxygen atoms in total. The molecule has 3 rings (SSSR count). The third-order valence-electron chi connectivity index (χ3n) is 5.61. The van der Waals surface area contributed by atoms with Gasteiger partial charge in [0.2, 0.25) is 0 Å². The number of nitrogens with one attached hydrogen (secondary N) is 1. The van der Waals surface area contributed by atoms with E-state index in [4.69, 9.17) is 0 Å². The Bertz CT molecular complexity index is 864. The molecule has 0 unspecified atom stereocenters. The second-order valence-corrected chi connectivity index (χ2v) is 8.05. The Labute approximate surface area is 166 Å². The fourth-order valence-corrected chi connectivity index (χ4v) is 4.13. The number of likely N-dealkylation sites (tertiary alicyclic amines) is 1. The number of likely N-dealkylation sites (N-methyl/N-ethyl adjacent to an activating group) is 1. The third kappa shape index (κ3) is 4.04. The number of aromatic amines is 1. The van der Waals surface area contributed by atoms with Crippen molar-refractivity contribution in [3.8, 4) is 0 Å². The summed E-state index contributed by atoms with van der Waals surface area (Å²) in [7, 11) is 4.13. The zero-order valence-electron chi connectivity index (χ0n) is 17.6. The lowest BCUT2D eigenvalue weighted by atomic mass is 9.96. The maximum absolute atomic E-state index is 13.3. The van der Waals surface area contributed by atoms with Gasteiger partial charge in [-0.15, -0.1) is 0 Å². The van der Waals surface area contributed by atoms with Crippen LogP contribution in [0.3, 0.4) is 0 Å². The van der Waals surface area contributed by atoms with Crippen LogP contribution in [-0.4, -0.2) is 69.8 Å². The molecule has 1 saturated heterocycles. The second-order valence-electron chi connectivity index (χ2n) is 8.05. The Balaban J connectivity index is 1.78. The average Bonchev–Trinajstić information content (AvgIpc) is 3.23. The first-order chi connectivity index (χ1) is 13.3. The van der Waals surface area contributed by atoms with Gasteiger partial charge in [-0.3, -0.25) is 9.59 Å². The topological polar surface area (TPSA) is 74.2 Å². The maximum Gasteiger partial charge on any atom is 0.255 e. The smallest absolute Gasteiger partial charge is 0.255 e.